The minimum Gasteiger partial charge on any atom is -0.506 e. The highest BCUT2D eigenvalue weighted by Crippen LogP contribution is 2.27. The number of ether oxygens (including phenoxy) is 1. The Labute approximate surface area is 129 Å². The summed E-state index contributed by atoms with van der Waals surface area (Å²) in [6.07, 6.45) is 1.90. The number of phenolic OH excluding ortho intramolecular Hbond substituents is 1. The van der Waals surface area contributed by atoms with Crippen LogP contribution in [0.5, 0.6) is 5.75 Å². The van der Waals surface area contributed by atoms with Crippen LogP contribution in [0.25, 0.3) is 0 Å². The van der Waals surface area contributed by atoms with E-state index in [0.29, 0.717) is 25.4 Å². The minimum absolute atomic E-state index is 0.0291. The van der Waals surface area contributed by atoms with Crippen molar-refractivity contribution in [1.29, 1.82) is 0 Å². The third-order valence-corrected chi connectivity index (χ3v) is 4.32. The summed E-state index contributed by atoms with van der Waals surface area (Å²) in [6.45, 7) is 1.79. The van der Waals surface area contributed by atoms with Gasteiger partial charge in [-0.1, -0.05) is 12.1 Å². The number of nitrogens with zero attached hydrogens (tertiary/aromatic N) is 1. The van der Waals surface area contributed by atoms with E-state index in [1.807, 2.05) is 4.90 Å². The number of carbonyl (C=O) groups is 2. The summed E-state index contributed by atoms with van der Waals surface area (Å²) < 4.78 is 5.32. The van der Waals surface area contributed by atoms with E-state index >= 15 is 0 Å². The summed E-state index contributed by atoms with van der Waals surface area (Å²) in [7, 11) is 0. The van der Waals surface area contributed by atoms with E-state index in [-0.39, 0.29) is 35.9 Å². The first-order chi connectivity index (χ1) is 10.6. The number of benzene rings is 1. The lowest BCUT2D eigenvalue weighted by molar-refractivity contribution is -0.131. The Morgan fingerprint density at radius 3 is 2.73 bits per heavy atom. The van der Waals surface area contributed by atoms with Gasteiger partial charge in [0, 0.05) is 32.2 Å². The molecule has 1 aromatic rings. The molecule has 2 amide bonds. The van der Waals surface area contributed by atoms with Crippen LogP contribution in [0.3, 0.4) is 0 Å². The van der Waals surface area contributed by atoms with Gasteiger partial charge in [0.2, 0.25) is 11.8 Å². The number of amides is 2. The van der Waals surface area contributed by atoms with Crippen molar-refractivity contribution in [2.45, 2.75) is 25.3 Å². The Bertz CT molecular complexity index is 569. The molecule has 0 spiro atoms. The minimum atomic E-state index is -0.366. The molecule has 2 saturated heterocycles. The van der Waals surface area contributed by atoms with Crippen LogP contribution in [0.2, 0.25) is 0 Å². The molecule has 6 heteroatoms. The van der Waals surface area contributed by atoms with Crippen molar-refractivity contribution in [2.24, 2.45) is 5.92 Å². The van der Waals surface area contributed by atoms with Crippen molar-refractivity contribution >= 4 is 17.5 Å². The molecular weight excluding hydrogens is 284 g/mol. The zero-order chi connectivity index (χ0) is 15.5. The third kappa shape index (κ3) is 3.06. The SMILES string of the molecule is O=C(Nc1ccccc1O)C1CC(=O)N(C2CCOCC2)C1. The molecule has 2 fully saturated rings. The molecule has 118 valence electrons. The fourth-order valence-corrected chi connectivity index (χ4v) is 3.07. The summed E-state index contributed by atoms with van der Waals surface area (Å²) in [5.74, 6) is -0.523. The molecule has 0 aliphatic carbocycles. The van der Waals surface area contributed by atoms with Crippen LogP contribution in [0, 0.1) is 5.92 Å². The molecule has 2 N–H and O–H groups in total. The van der Waals surface area contributed by atoms with Crippen LogP contribution in [0.1, 0.15) is 19.3 Å². The molecule has 1 aromatic carbocycles. The molecule has 2 heterocycles. The number of anilines is 1. The Morgan fingerprint density at radius 1 is 1.27 bits per heavy atom. The van der Waals surface area contributed by atoms with Gasteiger partial charge in [0.05, 0.1) is 11.6 Å². The van der Waals surface area contributed by atoms with Gasteiger partial charge in [0.1, 0.15) is 5.75 Å². The molecule has 1 unspecified atom stereocenters. The number of phenols is 1. The molecule has 2 aliphatic rings. The van der Waals surface area contributed by atoms with Gasteiger partial charge in [-0.2, -0.15) is 0 Å². The molecule has 3 rings (SSSR count). The number of hydrogen-bond donors (Lipinski definition) is 2. The fraction of sp³-hybridized carbons (Fsp3) is 0.500. The first-order valence-electron chi connectivity index (χ1n) is 7.61. The molecule has 2 aliphatic heterocycles. The summed E-state index contributed by atoms with van der Waals surface area (Å²) in [4.78, 5) is 26.3. The zero-order valence-electron chi connectivity index (χ0n) is 12.3. The second-order valence-corrected chi connectivity index (χ2v) is 5.80. The maximum Gasteiger partial charge on any atom is 0.229 e. The second kappa shape index (κ2) is 6.36. The number of hydrogen-bond acceptors (Lipinski definition) is 4. The normalized spacial score (nSPS) is 22.8. The Balaban J connectivity index is 1.62. The van der Waals surface area contributed by atoms with Gasteiger partial charge in [-0.3, -0.25) is 9.59 Å². The predicted octanol–water partition coefficient (Wildman–Crippen LogP) is 1.36. The van der Waals surface area contributed by atoms with Gasteiger partial charge in [0.25, 0.3) is 0 Å². The molecule has 22 heavy (non-hydrogen) atoms. The molecule has 0 saturated carbocycles. The van der Waals surface area contributed by atoms with Crippen LogP contribution in [-0.2, 0) is 14.3 Å². The van der Waals surface area contributed by atoms with E-state index < -0.39 is 0 Å². The highest BCUT2D eigenvalue weighted by molar-refractivity contribution is 5.98. The summed E-state index contributed by atoms with van der Waals surface area (Å²) in [6, 6.07) is 6.77. The fourth-order valence-electron chi connectivity index (χ4n) is 3.07. The van der Waals surface area contributed by atoms with Gasteiger partial charge in [-0.05, 0) is 25.0 Å². The second-order valence-electron chi connectivity index (χ2n) is 5.80. The lowest BCUT2D eigenvalue weighted by Crippen LogP contribution is -2.41. The van der Waals surface area contributed by atoms with Crippen LogP contribution in [0.4, 0.5) is 5.69 Å². The highest BCUT2D eigenvalue weighted by atomic mass is 16.5. The number of rotatable bonds is 3. The van der Waals surface area contributed by atoms with Crippen molar-refractivity contribution < 1.29 is 19.4 Å². The quantitative estimate of drug-likeness (QED) is 0.826. The van der Waals surface area contributed by atoms with E-state index in [1.54, 1.807) is 18.2 Å². The first kappa shape index (κ1) is 14.8. The van der Waals surface area contributed by atoms with Crippen LogP contribution < -0.4 is 5.32 Å². The molecule has 0 radical (unpaired) electrons. The van der Waals surface area contributed by atoms with Gasteiger partial charge in [0.15, 0.2) is 0 Å². The van der Waals surface area contributed by atoms with Crippen LogP contribution in [0.15, 0.2) is 24.3 Å². The maximum absolute atomic E-state index is 12.3. The van der Waals surface area contributed by atoms with Gasteiger partial charge < -0.3 is 20.1 Å². The van der Waals surface area contributed by atoms with E-state index in [0.717, 1.165) is 12.8 Å². The lowest BCUT2D eigenvalue weighted by Gasteiger charge is -2.31. The van der Waals surface area contributed by atoms with E-state index in [9.17, 15) is 14.7 Å². The largest absolute Gasteiger partial charge is 0.506 e. The van der Waals surface area contributed by atoms with Gasteiger partial charge in [-0.15, -0.1) is 0 Å². The standard InChI is InChI=1S/C16H20N2O4/c19-14-4-2-1-3-13(14)17-16(21)11-9-15(20)18(10-11)12-5-7-22-8-6-12/h1-4,11-12,19H,5-10H2,(H,17,21). The number of carbonyl (C=O) groups excluding carboxylic acids is 2. The summed E-state index contributed by atoms with van der Waals surface area (Å²) in [5.41, 5.74) is 0.379. The Kier molecular flexibility index (Phi) is 4.29. The number of nitrogens with one attached hydrogen (secondary N) is 1. The molecule has 0 bridgehead atoms. The number of likely N-dealkylation sites (tertiary alicyclic amines) is 1. The average Bonchev–Trinajstić information content (AvgIpc) is 2.92. The smallest absolute Gasteiger partial charge is 0.229 e. The lowest BCUT2D eigenvalue weighted by atomic mass is 10.1. The summed E-state index contributed by atoms with van der Waals surface area (Å²) in [5, 5.41) is 12.4. The molecular formula is C16H20N2O4. The Hall–Kier alpha value is -2.08. The summed E-state index contributed by atoms with van der Waals surface area (Å²) >= 11 is 0. The van der Waals surface area contributed by atoms with Crippen LogP contribution in [-0.4, -0.2) is 47.6 Å². The Morgan fingerprint density at radius 2 is 2.00 bits per heavy atom. The number of aromatic hydroxyl groups is 1. The molecule has 0 aromatic heterocycles. The van der Waals surface area contributed by atoms with Gasteiger partial charge in [-0.25, -0.2) is 0 Å². The van der Waals surface area contributed by atoms with Gasteiger partial charge >= 0.3 is 0 Å². The van der Waals surface area contributed by atoms with Crippen molar-refractivity contribution in [2.75, 3.05) is 25.1 Å². The van der Waals surface area contributed by atoms with Crippen molar-refractivity contribution in [3.63, 3.8) is 0 Å². The molecule has 1 atom stereocenters. The maximum atomic E-state index is 12.3. The van der Waals surface area contributed by atoms with E-state index in [1.165, 1.54) is 6.07 Å². The topological polar surface area (TPSA) is 78.9 Å². The highest BCUT2D eigenvalue weighted by Gasteiger charge is 2.38. The molecule has 6 nitrogen and oxygen atoms in total. The number of para-hydroxylation sites is 2. The predicted molar refractivity (Wildman–Crippen MR) is 80.4 cm³/mol. The third-order valence-electron chi connectivity index (χ3n) is 4.32. The van der Waals surface area contributed by atoms with E-state index in [2.05, 4.69) is 5.32 Å². The van der Waals surface area contributed by atoms with Crippen molar-refractivity contribution in [3.8, 4) is 5.75 Å². The van der Waals surface area contributed by atoms with Crippen LogP contribution >= 0.6 is 0 Å². The van der Waals surface area contributed by atoms with Crippen molar-refractivity contribution in [1.82, 2.24) is 4.90 Å². The average molecular weight is 304 g/mol. The monoisotopic (exact) mass is 304 g/mol. The first-order valence-corrected chi connectivity index (χ1v) is 7.61. The van der Waals surface area contributed by atoms with E-state index in [4.69, 9.17) is 4.74 Å². The van der Waals surface area contributed by atoms with Crippen molar-refractivity contribution in [3.05, 3.63) is 24.3 Å². The zero-order valence-corrected chi connectivity index (χ0v) is 12.3.